The van der Waals surface area contributed by atoms with Crippen molar-refractivity contribution in [2.24, 2.45) is 17.6 Å². The monoisotopic (exact) mass is 269 g/mol. The molecule has 0 saturated carbocycles. The summed E-state index contributed by atoms with van der Waals surface area (Å²) in [6, 6.07) is 0. The predicted octanol–water partition coefficient (Wildman–Crippen LogP) is 2.85. The molecular formula is C14H27N3S. The van der Waals surface area contributed by atoms with Gasteiger partial charge >= 0.3 is 0 Å². The van der Waals surface area contributed by atoms with Crippen LogP contribution in [0.2, 0.25) is 0 Å². The van der Waals surface area contributed by atoms with Crippen molar-refractivity contribution in [1.82, 2.24) is 10.3 Å². The van der Waals surface area contributed by atoms with Crippen molar-refractivity contribution in [1.29, 1.82) is 0 Å². The molecule has 2 unspecified atom stereocenters. The lowest BCUT2D eigenvalue weighted by Crippen LogP contribution is -2.26. The Balaban J connectivity index is 2.14. The van der Waals surface area contributed by atoms with Gasteiger partial charge in [0, 0.05) is 24.0 Å². The van der Waals surface area contributed by atoms with Gasteiger partial charge in [-0.2, -0.15) is 0 Å². The third-order valence-corrected chi connectivity index (χ3v) is 4.20. The van der Waals surface area contributed by atoms with E-state index in [1.165, 1.54) is 17.8 Å². The molecule has 0 fully saturated rings. The number of thiazole rings is 1. The van der Waals surface area contributed by atoms with Crippen molar-refractivity contribution in [3.05, 3.63) is 16.6 Å². The maximum atomic E-state index is 5.80. The Morgan fingerprint density at radius 3 is 2.72 bits per heavy atom. The highest BCUT2D eigenvalue weighted by Crippen LogP contribution is 2.17. The summed E-state index contributed by atoms with van der Waals surface area (Å²) in [6.07, 6.45) is 4.29. The van der Waals surface area contributed by atoms with Crippen molar-refractivity contribution >= 4 is 11.3 Å². The van der Waals surface area contributed by atoms with Crippen LogP contribution in [0.1, 0.15) is 44.5 Å². The summed E-state index contributed by atoms with van der Waals surface area (Å²) in [4.78, 5) is 4.34. The molecule has 0 spiro atoms. The van der Waals surface area contributed by atoms with E-state index in [4.69, 9.17) is 5.73 Å². The van der Waals surface area contributed by atoms with Crippen LogP contribution in [0.25, 0.3) is 0 Å². The number of nitrogens with two attached hydrogens (primary N) is 1. The SMILES string of the molecule is CC(C)CC(CN)CCNCC(C)c1nccs1. The van der Waals surface area contributed by atoms with Gasteiger partial charge in [0.2, 0.25) is 0 Å². The second-order valence-electron chi connectivity index (χ2n) is 5.50. The Bertz CT molecular complexity index is 298. The molecule has 0 radical (unpaired) electrons. The molecule has 0 aromatic carbocycles. The molecule has 0 aliphatic carbocycles. The Morgan fingerprint density at radius 1 is 1.39 bits per heavy atom. The van der Waals surface area contributed by atoms with Crippen molar-refractivity contribution in [3.63, 3.8) is 0 Å². The van der Waals surface area contributed by atoms with Crippen LogP contribution < -0.4 is 11.1 Å². The zero-order valence-corrected chi connectivity index (χ0v) is 12.7. The van der Waals surface area contributed by atoms with E-state index in [0.717, 1.165) is 25.6 Å². The van der Waals surface area contributed by atoms with Gasteiger partial charge in [0.05, 0.1) is 5.01 Å². The highest BCUT2D eigenvalue weighted by molar-refractivity contribution is 7.09. The molecule has 0 amide bonds. The lowest BCUT2D eigenvalue weighted by Gasteiger charge is -2.18. The number of hydrogen-bond donors (Lipinski definition) is 2. The van der Waals surface area contributed by atoms with Crippen molar-refractivity contribution in [2.75, 3.05) is 19.6 Å². The molecule has 0 saturated heterocycles. The quantitative estimate of drug-likeness (QED) is 0.678. The first-order chi connectivity index (χ1) is 8.63. The maximum Gasteiger partial charge on any atom is 0.0965 e. The minimum Gasteiger partial charge on any atom is -0.330 e. The third-order valence-electron chi connectivity index (χ3n) is 3.19. The first-order valence-electron chi connectivity index (χ1n) is 6.93. The zero-order chi connectivity index (χ0) is 13.4. The van der Waals surface area contributed by atoms with Crippen molar-refractivity contribution in [2.45, 2.75) is 39.5 Å². The van der Waals surface area contributed by atoms with Crippen molar-refractivity contribution < 1.29 is 0 Å². The van der Waals surface area contributed by atoms with Gasteiger partial charge in [-0.1, -0.05) is 20.8 Å². The molecule has 2 atom stereocenters. The molecule has 1 heterocycles. The van der Waals surface area contributed by atoms with Crippen LogP contribution in [-0.4, -0.2) is 24.6 Å². The van der Waals surface area contributed by atoms with Crippen LogP contribution >= 0.6 is 11.3 Å². The van der Waals surface area contributed by atoms with E-state index in [0.29, 0.717) is 11.8 Å². The summed E-state index contributed by atoms with van der Waals surface area (Å²) >= 11 is 1.74. The Kier molecular flexibility index (Phi) is 7.47. The van der Waals surface area contributed by atoms with Gasteiger partial charge in [0.1, 0.15) is 0 Å². The average Bonchev–Trinajstić information content (AvgIpc) is 2.86. The molecule has 0 aliphatic heterocycles. The second-order valence-corrected chi connectivity index (χ2v) is 6.42. The van der Waals surface area contributed by atoms with E-state index in [1.807, 2.05) is 11.6 Å². The van der Waals surface area contributed by atoms with E-state index < -0.39 is 0 Å². The minimum absolute atomic E-state index is 0.506. The number of hydrogen-bond acceptors (Lipinski definition) is 4. The van der Waals surface area contributed by atoms with Crippen LogP contribution in [0.4, 0.5) is 0 Å². The maximum absolute atomic E-state index is 5.80. The highest BCUT2D eigenvalue weighted by atomic mass is 32.1. The summed E-state index contributed by atoms with van der Waals surface area (Å²) < 4.78 is 0. The van der Waals surface area contributed by atoms with Gasteiger partial charge in [0.15, 0.2) is 0 Å². The van der Waals surface area contributed by atoms with Gasteiger partial charge in [-0.05, 0) is 37.8 Å². The molecule has 1 aromatic rings. The predicted molar refractivity (Wildman–Crippen MR) is 80.0 cm³/mol. The standard InChI is InChI=1S/C14H27N3S/c1-11(2)8-13(9-15)4-5-16-10-12(3)14-17-6-7-18-14/h6-7,11-13,16H,4-5,8-10,15H2,1-3H3. The molecule has 18 heavy (non-hydrogen) atoms. The van der Waals surface area contributed by atoms with E-state index in [-0.39, 0.29) is 0 Å². The van der Waals surface area contributed by atoms with Crippen LogP contribution in [0.3, 0.4) is 0 Å². The summed E-state index contributed by atoms with van der Waals surface area (Å²) in [5.41, 5.74) is 5.80. The molecule has 104 valence electrons. The molecule has 0 aliphatic rings. The van der Waals surface area contributed by atoms with E-state index in [9.17, 15) is 0 Å². The first kappa shape index (κ1) is 15.6. The Labute approximate surface area is 115 Å². The fourth-order valence-corrected chi connectivity index (χ4v) is 2.89. The Morgan fingerprint density at radius 2 is 2.17 bits per heavy atom. The number of rotatable bonds is 9. The first-order valence-corrected chi connectivity index (χ1v) is 7.81. The molecule has 4 heteroatoms. The number of nitrogens with one attached hydrogen (secondary N) is 1. The smallest absolute Gasteiger partial charge is 0.0965 e. The molecular weight excluding hydrogens is 242 g/mol. The molecule has 3 nitrogen and oxygen atoms in total. The van der Waals surface area contributed by atoms with Crippen LogP contribution in [0, 0.1) is 11.8 Å². The molecule has 1 rings (SSSR count). The summed E-state index contributed by atoms with van der Waals surface area (Å²) in [5.74, 6) is 1.91. The van der Waals surface area contributed by atoms with Gasteiger partial charge in [-0.25, -0.2) is 4.98 Å². The van der Waals surface area contributed by atoms with Crippen molar-refractivity contribution in [3.8, 4) is 0 Å². The molecule has 0 bridgehead atoms. The van der Waals surface area contributed by atoms with Gasteiger partial charge in [-0.3, -0.25) is 0 Å². The molecule has 3 N–H and O–H groups in total. The molecule has 1 aromatic heterocycles. The summed E-state index contributed by atoms with van der Waals surface area (Å²) in [6.45, 7) is 9.63. The fraction of sp³-hybridized carbons (Fsp3) is 0.786. The lowest BCUT2D eigenvalue weighted by molar-refractivity contribution is 0.384. The minimum atomic E-state index is 0.506. The topological polar surface area (TPSA) is 50.9 Å². The lowest BCUT2D eigenvalue weighted by atomic mass is 9.94. The normalized spacial score (nSPS) is 14.9. The Hall–Kier alpha value is -0.450. The van der Waals surface area contributed by atoms with Gasteiger partial charge < -0.3 is 11.1 Å². The third kappa shape index (κ3) is 5.94. The largest absolute Gasteiger partial charge is 0.330 e. The van der Waals surface area contributed by atoms with E-state index >= 15 is 0 Å². The van der Waals surface area contributed by atoms with E-state index in [1.54, 1.807) is 11.3 Å². The average molecular weight is 269 g/mol. The summed E-state index contributed by atoms with van der Waals surface area (Å²) in [7, 11) is 0. The summed E-state index contributed by atoms with van der Waals surface area (Å²) in [5, 5.41) is 6.79. The zero-order valence-electron chi connectivity index (χ0n) is 11.9. The van der Waals surface area contributed by atoms with E-state index in [2.05, 4.69) is 31.1 Å². The fourth-order valence-electron chi connectivity index (χ4n) is 2.19. The van der Waals surface area contributed by atoms with Crippen LogP contribution in [0.5, 0.6) is 0 Å². The van der Waals surface area contributed by atoms with Crippen LogP contribution in [0.15, 0.2) is 11.6 Å². The number of nitrogens with zero attached hydrogens (tertiary/aromatic N) is 1. The van der Waals surface area contributed by atoms with Crippen LogP contribution in [-0.2, 0) is 0 Å². The van der Waals surface area contributed by atoms with Gasteiger partial charge in [-0.15, -0.1) is 11.3 Å². The second kappa shape index (κ2) is 8.62. The van der Waals surface area contributed by atoms with Gasteiger partial charge in [0.25, 0.3) is 0 Å². The highest BCUT2D eigenvalue weighted by Gasteiger charge is 2.10. The number of aromatic nitrogens is 1.